The van der Waals surface area contributed by atoms with Gasteiger partial charge in [-0.1, -0.05) is 18.2 Å². The van der Waals surface area contributed by atoms with Crippen LogP contribution in [-0.4, -0.2) is 47.0 Å². The molecule has 2 aromatic rings. The van der Waals surface area contributed by atoms with Crippen molar-refractivity contribution in [1.29, 1.82) is 0 Å². The van der Waals surface area contributed by atoms with Crippen LogP contribution < -0.4 is 4.90 Å². The maximum Gasteiger partial charge on any atom is 0.224 e. The zero-order chi connectivity index (χ0) is 17.1. The van der Waals surface area contributed by atoms with Crippen molar-refractivity contribution in [1.82, 2.24) is 14.9 Å². The molecule has 5 nitrogen and oxygen atoms in total. The zero-order valence-electron chi connectivity index (χ0n) is 14.5. The van der Waals surface area contributed by atoms with Crippen LogP contribution in [0.15, 0.2) is 42.9 Å². The number of carbonyl (C=O) groups is 1. The van der Waals surface area contributed by atoms with Crippen LogP contribution in [0, 0.1) is 0 Å². The quantitative estimate of drug-likeness (QED) is 0.861. The summed E-state index contributed by atoms with van der Waals surface area (Å²) in [7, 11) is 0. The van der Waals surface area contributed by atoms with Gasteiger partial charge in [0, 0.05) is 56.1 Å². The Balaban J connectivity index is 1.34. The first-order valence-electron chi connectivity index (χ1n) is 9.18. The molecule has 2 aliphatic rings. The monoisotopic (exact) mass is 336 g/mol. The van der Waals surface area contributed by atoms with Crippen molar-refractivity contribution in [3.8, 4) is 0 Å². The summed E-state index contributed by atoms with van der Waals surface area (Å²) in [5, 5.41) is 0. The van der Waals surface area contributed by atoms with Crippen LogP contribution in [0.25, 0.3) is 0 Å². The summed E-state index contributed by atoms with van der Waals surface area (Å²) in [4.78, 5) is 25.4. The summed E-state index contributed by atoms with van der Waals surface area (Å²) in [5.74, 6) is 0.608. The van der Waals surface area contributed by atoms with Crippen LogP contribution >= 0.6 is 0 Å². The Morgan fingerprint density at radius 2 is 2.12 bits per heavy atom. The lowest BCUT2D eigenvalue weighted by atomic mass is 9.94. The second kappa shape index (κ2) is 7.21. The second-order valence-corrected chi connectivity index (χ2v) is 6.93. The Hall–Kier alpha value is -2.43. The lowest BCUT2D eigenvalue weighted by molar-refractivity contribution is -0.132. The van der Waals surface area contributed by atoms with Gasteiger partial charge in [0.2, 0.25) is 5.91 Å². The molecule has 1 atom stereocenters. The zero-order valence-corrected chi connectivity index (χ0v) is 14.5. The molecule has 0 bridgehead atoms. The normalized spacial score (nSPS) is 19.8. The van der Waals surface area contributed by atoms with Crippen molar-refractivity contribution in [3.05, 3.63) is 54.1 Å². The first kappa shape index (κ1) is 16.1. The summed E-state index contributed by atoms with van der Waals surface area (Å²) in [6.45, 7) is 3.49. The van der Waals surface area contributed by atoms with Crippen LogP contribution in [0.2, 0.25) is 0 Å². The highest BCUT2D eigenvalue weighted by Crippen LogP contribution is 2.28. The van der Waals surface area contributed by atoms with Crippen molar-refractivity contribution in [2.45, 2.75) is 31.6 Å². The van der Waals surface area contributed by atoms with Gasteiger partial charge in [-0.15, -0.1) is 0 Å². The maximum absolute atomic E-state index is 12.7. The minimum atomic E-state index is 0.267. The topological polar surface area (TPSA) is 49.3 Å². The third-order valence-corrected chi connectivity index (χ3v) is 5.38. The minimum Gasteiger partial charge on any atom is -0.370 e. The summed E-state index contributed by atoms with van der Waals surface area (Å²) in [6.07, 6.45) is 7.21. The lowest BCUT2D eigenvalue weighted by Crippen LogP contribution is -2.40. The maximum atomic E-state index is 12.7. The van der Waals surface area contributed by atoms with Crippen molar-refractivity contribution in [2.24, 2.45) is 0 Å². The van der Waals surface area contributed by atoms with Gasteiger partial charge in [-0.2, -0.15) is 0 Å². The largest absolute Gasteiger partial charge is 0.370 e. The Labute approximate surface area is 148 Å². The fraction of sp³-hybridized carbons (Fsp3) is 0.450. The predicted octanol–water partition coefficient (Wildman–Crippen LogP) is 2.64. The van der Waals surface area contributed by atoms with Crippen molar-refractivity contribution >= 4 is 11.6 Å². The number of piperidine rings is 1. The summed E-state index contributed by atoms with van der Waals surface area (Å²) < 4.78 is 0. The number of benzene rings is 1. The third kappa shape index (κ3) is 3.50. The highest BCUT2D eigenvalue weighted by molar-refractivity contribution is 5.77. The van der Waals surface area contributed by atoms with E-state index in [1.54, 1.807) is 12.5 Å². The molecular weight excluding hydrogens is 312 g/mol. The van der Waals surface area contributed by atoms with Crippen LogP contribution in [0.3, 0.4) is 0 Å². The highest BCUT2D eigenvalue weighted by Gasteiger charge is 2.26. The van der Waals surface area contributed by atoms with E-state index >= 15 is 0 Å². The Morgan fingerprint density at radius 1 is 1.20 bits per heavy atom. The molecular formula is C20H24N4O. The molecule has 130 valence electrons. The molecule has 1 saturated heterocycles. The lowest BCUT2D eigenvalue weighted by Gasteiger charge is -2.33. The van der Waals surface area contributed by atoms with Crippen LogP contribution in [-0.2, 0) is 11.2 Å². The molecule has 2 aliphatic heterocycles. The van der Waals surface area contributed by atoms with Gasteiger partial charge in [0.05, 0.1) is 0 Å². The molecule has 0 N–H and O–H groups in total. The van der Waals surface area contributed by atoms with Gasteiger partial charge in [-0.05, 0) is 37.0 Å². The number of rotatable bonds is 4. The molecule has 1 fully saturated rings. The van der Waals surface area contributed by atoms with Crippen LogP contribution in [0.4, 0.5) is 5.69 Å². The fourth-order valence-corrected chi connectivity index (χ4v) is 4.02. The molecule has 0 aliphatic carbocycles. The Bertz CT molecular complexity index is 733. The molecule has 1 amide bonds. The molecule has 1 aromatic heterocycles. The number of likely N-dealkylation sites (tertiary alicyclic amines) is 1. The van der Waals surface area contributed by atoms with E-state index in [4.69, 9.17) is 0 Å². The number of aromatic nitrogens is 2. The standard InChI is InChI=1S/C20H24N4O/c25-20(9-13-23-12-8-16-4-1-2-6-19(16)23)24-11-3-5-17(14-24)18-7-10-21-15-22-18/h1-2,4,6-7,10,15,17H,3,5,8-9,11-14H2/t17-/m0/s1. The second-order valence-electron chi connectivity index (χ2n) is 6.93. The van der Waals surface area contributed by atoms with Gasteiger partial charge < -0.3 is 9.80 Å². The Morgan fingerprint density at radius 3 is 3.00 bits per heavy atom. The number of para-hydroxylation sites is 1. The van der Waals surface area contributed by atoms with Gasteiger partial charge in [0.25, 0.3) is 0 Å². The van der Waals surface area contributed by atoms with E-state index in [0.717, 1.165) is 51.1 Å². The highest BCUT2D eigenvalue weighted by atomic mass is 16.2. The SMILES string of the molecule is O=C(CCN1CCc2ccccc21)N1CCC[C@H](c2ccncn2)C1. The molecule has 5 heteroatoms. The molecule has 1 aromatic carbocycles. The fourth-order valence-electron chi connectivity index (χ4n) is 4.02. The van der Waals surface area contributed by atoms with E-state index in [1.807, 2.05) is 11.0 Å². The van der Waals surface area contributed by atoms with E-state index in [0.29, 0.717) is 12.3 Å². The summed E-state index contributed by atoms with van der Waals surface area (Å²) in [6, 6.07) is 10.5. The number of carbonyl (C=O) groups excluding carboxylic acids is 1. The molecule has 0 unspecified atom stereocenters. The van der Waals surface area contributed by atoms with Crippen molar-refractivity contribution < 1.29 is 4.79 Å². The molecule has 0 radical (unpaired) electrons. The van der Waals surface area contributed by atoms with Gasteiger partial charge >= 0.3 is 0 Å². The number of fused-ring (bicyclic) bond motifs is 1. The van der Waals surface area contributed by atoms with E-state index in [9.17, 15) is 4.79 Å². The molecule has 4 rings (SSSR count). The van der Waals surface area contributed by atoms with E-state index < -0.39 is 0 Å². The molecule has 25 heavy (non-hydrogen) atoms. The van der Waals surface area contributed by atoms with Crippen molar-refractivity contribution in [3.63, 3.8) is 0 Å². The average Bonchev–Trinajstić information content (AvgIpc) is 3.10. The van der Waals surface area contributed by atoms with Gasteiger partial charge in [-0.25, -0.2) is 9.97 Å². The first-order chi connectivity index (χ1) is 12.3. The van der Waals surface area contributed by atoms with Crippen LogP contribution in [0.5, 0.6) is 0 Å². The first-order valence-corrected chi connectivity index (χ1v) is 9.18. The van der Waals surface area contributed by atoms with E-state index in [-0.39, 0.29) is 5.91 Å². The van der Waals surface area contributed by atoms with E-state index in [2.05, 4.69) is 39.1 Å². The summed E-state index contributed by atoms with van der Waals surface area (Å²) >= 11 is 0. The molecule has 3 heterocycles. The van der Waals surface area contributed by atoms with E-state index in [1.165, 1.54) is 11.3 Å². The molecule has 0 spiro atoms. The average molecular weight is 336 g/mol. The minimum absolute atomic E-state index is 0.267. The number of anilines is 1. The van der Waals surface area contributed by atoms with Gasteiger partial charge in [0.1, 0.15) is 6.33 Å². The number of amides is 1. The third-order valence-electron chi connectivity index (χ3n) is 5.38. The van der Waals surface area contributed by atoms with Crippen LogP contribution in [0.1, 0.15) is 36.4 Å². The number of hydrogen-bond acceptors (Lipinski definition) is 4. The number of hydrogen-bond donors (Lipinski definition) is 0. The molecule has 0 saturated carbocycles. The van der Waals surface area contributed by atoms with Crippen molar-refractivity contribution in [2.75, 3.05) is 31.1 Å². The smallest absolute Gasteiger partial charge is 0.224 e. The van der Waals surface area contributed by atoms with Gasteiger partial charge in [0.15, 0.2) is 0 Å². The number of nitrogens with zero attached hydrogens (tertiary/aromatic N) is 4. The Kier molecular flexibility index (Phi) is 4.63. The summed E-state index contributed by atoms with van der Waals surface area (Å²) in [5.41, 5.74) is 3.76. The predicted molar refractivity (Wildman–Crippen MR) is 97.6 cm³/mol. The van der Waals surface area contributed by atoms with Gasteiger partial charge in [-0.3, -0.25) is 4.79 Å².